The number of aromatic nitrogens is 1. The van der Waals surface area contributed by atoms with Crippen LogP contribution >= 0.6 is 11.3 Å². The van der Waals surface area contributed by atoms with Crippen LogP contribution in [0, 0.1) is 0 Å². The Morgan fingerprint density at radius 2 is 2.14 bits per heavy atom. The first-order chi connectivity index (χ1) is 10.5. The second-order valence-electron chi connectivity index (χ2n) is 4.38. The van der Waals surface area contributed by atoms with Crippen LogP contribution in [0.3, 0.4) is 0 Å². The molecule has 0 aliphatic rings. The SMILES string of the molecule is CCOCCCCNC(=NC)NCc1nc(C(F)(F)F)cs1. The maximum absolute atomic E-state index is 12.4. The molecule has 0 radical (unpaired) electrons. The van der Waals surface area contributed by atoms with Gasteiger partial charge in [0.15, 0.2) is 11.7 Å². The highest BCUT2D eigenvalue weighted by Gasteiger charge is 2.33. The largest absolute Gasteiger partial charge is 0.434 e. The van der Waals surface area contributed by atoms with Crippen molar-refractivity contribution in [1.82, 2.24) is 15.6 Å². The van der Waals surface area contributed by atoms with E-state index in [1.54, 1.807) is 7.05 Å². The van der Waals surface area contributed by atoms with Gasteiger partial charge in [-0.05, 0) is 19.8 Å². The topological polar surface area (TPSA) is 58.5 Å². The molecule has 1 aromatic rings. The number of hydrogen-bond donors (Lipinski definition) is 2. The van der Waals surface area contributed by atoms with E-state index in [9.17, 15) is 13.2 Å². The van der Waals surface area contributed by atoms with Crippen LogP contribution in [0.25, 0.3) is 0 Å². The standard InChI is InChI=1S/C13H21F3N4OS/c1-3-21-7-5-4-6-18-12(17-2)19-8-11-20-10(9-22-11)13(14,15)16/h9H,3-8H2,1-2H3,(H2,17,18,19). The molecule has 22 heavy (non-hydrogen) atoms. The lowest BCUT2D eigenvalue weighted by Crippen LogP contribution is -2.37. The Morgan fingerprint density at radius 3 is 2.73 bits per heavy atom. The van der Waals surface area contributed by atoms with Crippen LogP contribution in [0.5, 0.6) is 0 Å². The summed E-state index contributed by atoms with van der Waals surface area (Å²) in [4.78, 5) is 7.56. The number of aliphatic imine (C=N–C) groups is 1. The van der Waals surface area contributed by atoms with E-state index in [1.165, 1.54) is 0 Å². The molecule has 0 fully saturated rings. The van der Waals surface area contributed by atoms with Gasteiger partial charge in [-0.2, -0.15) is 13.2 Å². The van der Waals surface area contributed by atoms with Crippen molar-refractivity contribution in [3.8, 4) is 0 Å². The van der Waals surface area contributed by atoms with Crippen LogP contribution in [-0.2, 0) is 17.5 Å². The Bertz CT molecular complexity index is 462. The van der Waals surface area contributed by atoms with Gasteiger partial charge in [0.05, 0.1) is 6.54 Å². The molecule has 0 unspecified atom stereocenters. The maximum atomic E-state index is 12.4. The molecule has 0 bridgehead atoms. The third kappa shape index (κ3) is 7.08. The minimum atomic E-state index is -4.39. The van der Waals surface area contributed by atoms with Crippen molar-refractivity contribution < 1.29 is 17.9 Å². The summed E-state index contributed by atoms with van der Waals surface area (Å²) in [7, 11) is 1.61. The second-order valence-corrected chi connectivity index (χ2v) is 5.32. The molecule has 0 aliphatic carbocycles. The highest BCUT2D eigenvalue weighted by Crippen LogP contribution is 2.29. The smallest absolute Gasteiger partial charge is 0.382 e. The molecule has 1 heterocycles. The highest BCUT2D eigenvalue weighted by molar-refractivity contribution is 7.09. The first-order valence-corrected chi connectivity index (χ1v) is 7.89. The number of hydrogen-bond acceptors (Lipinski definition) is 4. The van der Waals surface area contributed by atoms with Crippen molar-refractivity contribution in [3.63, 3.8) is 0 Å². The summed E-state index contributed by atoms with van der Waals surface area (Å²) in [5, 5.41) is 7.41. The number of rotatable bonds is 8. The van der Waals surface area contributed by atoms with Gasteiger partial charge in [-0.15, -0.1) is 11.3 Å². The van der Waals surface area contributed by atoms with E-state index in [4.69, 9.17) is 4.74 Å². The third-order valence-electron chi connectivity index (χ3n) is 2.68. The van der Waals surface area contributed by atoms with Crippen LogP contribution < -0.4 is 10.6 Å². The average molecular weight is 338 g/mol. The van der Waals surface area contributed by atoms with Gasteiger partial charge in [0.1, 0.15) is 5.01 Å². The minimum absolute atomic E-state index is 0.208. The Labute approximate surface area is 132 Å². The summed E-state index contributed by atoms with van der Waals surface area (Å²) >= 11 is 0.973. The number of halogens is 3. The molecule has 0 amide bonds. The van der Waals surface area contributed by atoms with Crippen molar-refractivity contribution in [2.24, 2.45) is 4.99 Å². The Morgan fingerprint density at radius 1 is 1.36 bits per heavy atom. The number of ether oxygens (including phenoxy) is 1. The van der Waals surface area contributed by atoms with E-state index < -0.39 is 11.9 Å². The summed E-state index contributed by atoms with van der Waals surface area (Å²) in [6.45, 7) is 4.32. The molecule has 5 nitrogen and oxygen atoms in total. The predicted molar refractivity (Wildman–Crippen MR) is 81.0 cm³/mol. The third-order valence-corrected chi connectivity index (χ3v) is 3.53. The van der Waals surface area contributed by atoms with E-state index in [2.05, 4.69) is 20.6 Å². The summed E-state index contributed by atoms with van der Waals surface area (Å²) in [5.74, 6) is 0.542. The van der Waals surface area contributed by atoms with Gasteiger partial charge in [-0.25, -0.2) is 4.98 Å². The first-order valence-electron chi connectivity index (χ1n) is 7.01. The number of guanidine groups is 1. The Kier molecular flexibility index (Phi) is 8.18. The molecule has 0 saturated heterocycles. The lowest BCUT2D eigenvalue weighted by molar-refractivity contribution is -0.140. The summed E-state index contributed by atoms with van der Waals surface area (Å²) in [6.07, 6.45) is -2.52. The monoisotopic (exact) mass is 338 g/mol. The molecule has 126 valence electrons. The van der Waals surface area contributed by atoms with Gasteiger partial charge in [0.2, 0.25) is 0 Å². The fraction of sp³-hybridized carbons (Fsp3) is 0.692. The van der Waals surface area contributed by atoms with Crippen molar-refractivity contribution in [1.29, 1.82) is 0 Å². The Balaban J connectivity index is 2.28. The molecule has 2 N–H and O–H groups in total. The number of nitrogens with one attached hydrogen (secondary N) is 2. The summed E-state index contributed by atoms with van der Waals surface area (Å²) in [6, 6.07) is 0. The molecule has 1 rings (SSSR count). The van der Waals surface area contributed by atoms with E-state index in [0.29, 0.717) is 17.6 Å². The molecule has 0 saturated carbocycles. The molecular weight excluding hydrogens is 317 g/mol. The van der Waals surface area contributed by atoms with Crippen LogP contribution in [0.15, 0.2) is 10.4 Å². The highest BCUT2D eigenvalue weighted by atomic mass is 32.1. The van der Waals surface area contributed by atoms with Gasteiger partial charge in [-0.1, -0.05) is 0 Å². The van der Waals surface area contributed by atoms with Gasteiger partial charge < -0.3 is 15.4 Å². The number of alkyl halides is 3. The van der Waals surface area contributed by atoms with Gasteiger partial charge in [-0.3, -0.25) is 4.99 Å². The molecule has 1 aromatic heterocycles. The number of thiazole rings is 1. The van der Waals surface area contributed by atoms with E-state index in [-0.39, 0.29) is 6.54 Å². The normalized spacial score (nSPS) is 12.5. The average Bonchev–Trinajstić information content (AvgIpc) is 2.95. The van der Waals surface area contributed by atoms with Gasteiger partial charge >= 0.3 is 6.18 Å². The lowest BCUT2D eigenvalue weighted by atomic mass is 10.3. The van der Waals surface area contributed by atoms with Crippen molar-refractivity contribution in [2.45, 2.75) is 32.5 Å². The molecule has 0 spiro atoms. The van der Waals surface area contributed by atoms with E-state index in [0.717, 1.165) is 42.7 Å². The predicted octanol–water partition coefficient (Wildman–Crippen LogP) is 2.64. The van der Waals surface area contributed by atoms with Gasteiger partial charge in [0.25, 0.3) is 0 Å². The van der Waals surface area contributed by atoms with Crippen LogP contribution in [0.4, 0.5) is 13.2 Å². The van der Waals surface area contributed by atoms with Crippen molar-refractivity contribution >= 4 is 17.3 Å². The molecular formula is C13H21F3N4OS. The molecule has 0 atom stereocenters. The zero-order chi connectivity index (χ0) is 16.4. The van der Waals surface area contributed by atoms with E-state index >= 15 is 0 Å². The summed E-state index contributed by atoms with van der Waals surface area (Å²) in [5.41, 5.74) is -0.854. The number of unbranched alkanes of at least 4 members (excludes halogenated alkanes) is 1. The van der Waals surface area contributed by atoms with E-state index in [1.807, 2.05) is 6.92 Å². The first kappa shape index (κ1) is 18.7. The van der Waals surface area contributed by atoms with Crippen LogP contribution in [-0.4, -0.2) is 37.7 Å². The Hall–Kier alpha value is -1.35. The molecule has 9 heteroatoms. The quantitative estimate of drug-likeness (QED) is 0.435. The van der Waals surface area contributed by atoms with Crippen molar-refractivity contribution in [2.75, 3.05) is 26.8 Å². The zero-order valence-electron chi connectivity index (χ0n) is 12.7. The zero-order valence-corrected chi connectivity index (χ0v) is 13.5. The minimum Gasteiger partial charge on any atom is -0.382 e. The lowest BCUT2D eigenvalue weighted by Gasteiger charge is -2.10. The van der Waals surface area contributed by atoms with Crippen LogP contribution in [0.1, 0.15) is 30.5 Å². The number of nitrogens with zero attached hydrogens (tertiary/aromatic N) is 2. The second kappa shape index (κ2) is 9.62. The fourth-order valence-electron chi connectivity index (χ4n) is 1.58. The molecule has 0 aliphatic heterocycles. The fourth-order valence-corrected chi connectivity index (χ4v) is 2.32. The maximum Gasteiger partial charge on any atom is 0.434 e. The van der Waals surface area contributed by atoms with Crippen molar-refractivity contribution in [3.05, 3.63) is 16.1 Å². The summed E-state index contributed by atoms with van der Waals surface area (Å²) < 4.78 is 42.5. The van der Waals surface area contributed by atoms with Gasteiger partial charge in [0, 0.05) is 32.2 Å². The molecule has 0 aromatic carbocycles. The van der Waals surface area contributed by atoms with Crippen LogP contribution in [0.2, 0.25) is 0 Å².